The smallest absolute Gasteiger partial charge is 0.191 e. The number of nitrogens with zero attached hydrogens (tertiary/aromatic N) is 3. The molecule has 4 heteroatoms. The van der Waals surface area contributed by atoms with E-state index < -0.39 is 0 Å². The Labute approximate surface area is 164 Å². The number of hydrogen-bond donors (Lipinski definition) is 0. The molecule has 0 aliphatic rings. The lowest BCUT2D eigenvalue weighted by Gasteiger charge is -2.13. The third-order valence-corrected chi connectivity index (χ3v) is 5.55. The van der Waals surface area contributed by atoms with Gasteiger partial charge >= 0.3 is 0 Å². The fraction of sp³-hybridized carbons (Fsp3) is 0.217. The van der Waals surface area contributed by atoms with Crippen LogP contribution in [0, 0.1) is 5.92 Å². The largest absolute Gasteiger partial charge is 0.302 e. The summed E-state index contributed by atoms with van der Waals surface area (Å²) in [5, 5.41) is 12.6. The van der Waals surface area contributed by atoms with E-state index in [0.29, 0.717) is 5.92 Å². The van der Waals surface area contributed by atoms with Crippen LogP contribution in [0.25, 0.3) is 22.2 Å². The summed E-state index contributed by atoms with van der Waals surface area (Å²) < 4.78 is 2.26. The van der Waals surface area contributed by atoms with Crippen LogP contribution in [-0.2, 0) is 12.3 Å². The van der Waals surface area contributed by atoms with Crippen LogP contribution in [0.1, 0.15) is 19.4 Å². The van der Waals surface area contributed by atoms with Gasteiger partial charge < -0.3 is 4.57 Å². The summed E-state index contributed by atoms with van der Waals surface area (Å²) in [6.07, 6.45) is 0. The molecule has 0 aliphatic carbocycles. The van der Waals surface area contributed by atoms with Crippen LogP contribution in [0.2, 0.25) is 0 Å². The highest BCUT2D eigenvalue weighted by Crippen LogP contribution is 2.29. The Balaban J connectivity index is 1.64. The van der Waals surface area contributed by atoms with Gasteiger partial charge in [-0.3, -0.25) is 0 Å². The summed E-state index contributed by atoms with van der Waals surface area (Å²) in [5.74, 6) is 2.36. The summed E-state index contributed by atoms with van der Waals surface area (Å²) in [5.41, 5.74) is 2.45. The van der Waals surface area contributed by atoms with Gasteiger partial charge in [0.05, 0.1) is 0 Å². The molecule has 0 radical (unpaired) electrons. The number of hydrogen-bond acceptors (Lipinski definition) is 3. The van der Waals surface area contributed by atoms with Crippen molar-refractivity contribution >= 4 is 22.5 Å². The average Bonchev–Trinajstić information content (AvgIpc) is 3.09. The minimum atomic E-state index is 0.528. The molecular weight excluding hydrogens is 350 g/mol. The molecule has 0 aliphatic heterocycles. The molecule has 3 nitrogen and oxygen atoms in total. The summed E-state index contributed by atoms with van der Waals surface area (Å²) in [6, 6.07) is 25.4. The highest BCUT2D eigenvalue weighted by Gasteiger charge is 2.15. The van der Waals surface area contributed by atoms with Gasteiger partial charge in [0.1, 0.15) is 0 Å². The van der Waals surface area contributed by atoms with Crippen molar-refractivity contribution in [1.82, 2.24) is 14.8 Å². The molecule has 136 valence electrons. The predicted octanol–water partition coefficient (Wildman–Crippen LogP) is 6.05. The van der Waals surface area contributed by atoms with Crippen LogP contribution >= 0.6 is 11.8 Å². The van der Waals surface area contributed by atoms with Crippen molar-refractivity contribution in [2.75, 3.05) is 0 Å². The Morgan fingerprint density at radius 3 is 2.41 bits per heavy atom. The molecule has 1 heterocycles. The third kappa shape index (κ3) is 3.91. The topological polar surface area (TPSA) is 30.7 Å². The van der Waals surface area contributed by atoms with E-state index in [1.165, 1.54) is 16.3 Å². The number of rotatable bonds is 6. The van der Waals surface area contributed by atoms with E-state index in [2.05, 4.69) is 83.2 Å². The molecule has 0 spiro atoms. The second kappa shape index (κ2) is 7.97. The van der Waals surface area contributed by atoms with Crippen molar-refractivity contribution in [3.8, 4) is 11.4 Å². The SMILES string of the molecule is CC(C)Cn1c(SCc2cccc3ccccc23)nnc1-c1ccccc1. The number of thioether (sulfide) groups is 1. The molecule has 0 bridgehead atoms. The zero-order valence-electron chi connectivity index (χ0n) is 15.7. The van der Waals surface area contributed by atoms with Crippen molar-refractivity contribution in [3.05, 3.63) is 78.4 Å². The summed E-state index contributed by atoms with van der Waals surface area (Å²) >= 11 is 1.76. The molecule has 0 saturated heterocycles. The van der Waals surface area contributed by atoms with Gasteiger partial charge in [0.15, 0.2) is 11.0 Å². The molecule has 0 N–H and O–H groups in total. The Bertz CT molecular complexity index is 1030. The molecular formula is C23H23N3S. The first-order valence-corrected chi connectivity index (χ1v) is 10.3. The number of aromatic nitrogens is 3. The zero-order valence-corrected chi connectivity index (χ0v) is 16.5. The van der Waals surface area contributed by atoms with Crippen molar-refractivity contribution in [1.29, 1.82) is 0 Å². The van der Waals surface area contributed by atoms with Crippen molar-refractivity contribution in [3.63, 3.8) is 0 Å². The second-order valence-corrected chi connectivity index (χ2v) is 8.05. The van der Waals surface area contributed by atoms with Crippen molar-refractivity contribution in [2.24, 2.45) is 5.92 Å². The maximum atomic E-state index is 4.52. The van der Waals surface area contributed by atoms with Gasteiger partial charge in [0, 0.05) is 17.9 Å². The van der Waals surface area contributed by atoms with E-state index in [1.807, 2.05) is 18.2 Å². The molecule has 0 saturated carbocycles. The standard InChI is InChI=1S/C23H23N3S/c1-17(2)15-26-22(19-10-4-3-5-11-19)24-25-23(26)27-16-20-13-8-12-18-9-6-7-14-21(18)20/h3-14,17H,15-16H2,1-2H3. The lowest BCUT2D eigenvalue weighted by Crippen LogP contribution is -2.07. The predicted molar refractivity (Wildman–Crippen MR) is 114 cm³/mol. The number of benzene rings is 3. The zero-order chi connectivity index (χ0) is 18.6. The normalized spacial score (nSPS) is 11.4. The van der Waals surface area contributed by atoms with Gasteiger partial charge in [0.2, 0.25) is 0 Å². The monoisotopic (exact) mass is 373 g/mol. The summed E-state index contributed by atoms with van der Waals surface area (Å²) in [4.78, 5) is 0. The highest BCUT2D eigenvalue weighted by molar-refractivity contribution is 7.98. The van der Waals surface area contributed by atoms with Gasteiger partial charge in [-0.1, -0.05) is 98.4 Å². The molecule has 3 aromatic carbocycles. The first-order valence-electron chi connectivity index (χ1n) is 9.30. The van der Waals surface area contributed by atoms with E-state index in [1.54, 1.807) is 11.8 Å². The quantitative estimate of drug-likeness (QED) is 0.386. The molecule has 0 atom stereocenters. The van der Waals surface area contributed by atoms with E-state index in [0.717, 1.165) is 28.8 Å². The molecule has 4 rings (SSSR count). The van der Waals surface area contributed by atoms with Gasteiger partial charge in [-0.2, -0.15) is 0 Å². The Morgan fingerprint density at radius 1 is 0.852 bits per heavy atom. The van der Waals surface area contributed by atoms with E-state index in [9.17, 15) is 0 Å². The molecule has 0 unspecified atom stereocenters. The lowest BCUT2D eigenvalue weighted by atomic mass is 10.1. The molecule has 4 aromatic rings. The molecule has 1 aromatic heterocycles. The Morgan fingerprint density at radius 2 is 1.59 bits per heavy atom. The van der Waals surface area contributed by atoms with Crippen LogP contribution in [0.5, 0.6) is 0 Å². The van der Waals surface area contributed by atoms with Gasteiger partial charge in [-0.15, -0.1) is 10.2 Å². The molecule has 0 amide bonds. The highest BCUT2D eigenvalue weighted by atomic mass is 32.2. The van der Waals surface area contributed by atoms with Gasteiger partial charge in [-0.25, -0.2) is 0 Å². The van der Waals surface area contributed by atoms with Gasteiger partial charge in [-0.05, 0) is 22.3 Å². The first-order chi connectivity index (χ1) is 13.2. The van der Waals surface area contributed by atoms with Crippen LogP contribution in [-0.4, -0.2) is 14.8 Å². The number of fused-ring (bicyclic) bond motifs is 1. The Hall–Kier alpha value is -2.59. The fourth-order valence-electron chi connectivity index (χ4n) is 3.29. The Kier molecular flexibility index (Phi) is 5.26. The maximum Gasteiger partial charge on any atom is 0.191 e. The van der Waals surface area contributed by atoms with Crippen LogP contribution in [0.3, 0.4) is 0 Å². The summed E-state index contributed by atoms with van der Waals surface area (Å²) in [6.45, 7) is 5.37. The molecule has 0 fully saturated rings. The van der Waals surface area contributed by atoms with E-state index in [-0.39, 0.29) is 0 Å². The first kappa shape index (κ1) is 17.8. The summed E-state index contributed by atoms with van der Waals surface area (Å²) in [7, 11) is 0. The van der Waals surface area contributed by atoms with Crippen LogP contribution in [0.4, 0.5) is 0 Å². The third-order valence-electron chi connectivity index (χ3n) is 4.53. The minimum absolute atomic E-state index is 0.528. The van der Waals surface area contributed by atoms with E-state index >= 15 is 0 Å². The van der Waals surface area contributed by atoms with Crippen molar-refractivity contribution in [2.45, 2.75) is 31.3 Å². The van der Waals surface area contributed by atoms with Gasteiger partial charge in [0.25, 0.3) is 0 Å². The van der Waals surface area contributed by atoms with Crippen LogP contribution < -0.4 is 0 Å². The molecule has 27 heavy (non-hydrogen) atoms. The van der Waals surface area contributed by atoms with E-state index in [4.69, 9.17) is 0 Å². The van der Waals surface area contributed by atoms with Crippen molar-refractivity contribution < 1.29 is 0 Å². The fourth-order valence-corrected chi connectivity index (χ4v) is 4.24. The van der Waals surface area contributed by atoms with Crippen LogP contribution in [0.15, 0.2) is 78.0 Å². The minimum Gasteiger partial charge on any atom is -0.302 e. The second-order valence-electron chi connectivity index (χ2n) is 7.10. The average molecular weight is 374 g/mol. The maximum absolute atomic E-state index is 4.52. The lowest BCUT2D eigenvalue weighted by molar-refractivity contribution is 0.498.